The van der Waals surface area contributed by atoms with Crippen LogP contribution in [0.25, 0.3) is 0 Å². The molecule has 0 aromatic rings. The van der Waals surface area contributed by atoms with Crippen LogP contribution in [0.1, 0.15) is 72.1 Å². The van der Waals surface area contributed by atoms with Crippen LogP contribution in [-0.4, -0.2) is 18.2 Å². The summed E-state index contributed by atoms with van der Waals surface area (Å²) < 4.78 is 0. The molecule has 2 unspecified atom stereocenters. The van der Waals surface area contributed by atoms with Gasteiger partial charge in [0.1, 0.15) is 5.78 Å². The van der Waals surface area contributed by atoms with Crippen molar-refractivity contribution in [3.63, 3.8) is 0 Å². The van der Waals surface area contributed by atoms with Gasteiger partial charge in [-0.25, -0.2) is 0 Å². The van der Waals surface area contributed by atoms with Gasteiger partial charge in [0.05, 0.1) is 0 Å². The van der Waals surface area contributed by atoms with Crippen molar-refractivity contribution in [1.29, 1.82) is 0 Å². The minimum Gasteiger partial charge on any atom is -0.356 e. The first-order valence-corrected chi connectivity index (χ1v) is 10.3. The van der Waals surface area contributed by atoms with Crippen LogP contribution >= 0.6 is 11.6 Å². The molecule has 0 saturated carbocycles. The summed E-state index contributed by atoms with van der Waals surface area (Å²) in [6.07, 6.45) is 16.6. The molecule has 4 heteroatoms. The largest absolute Gasteiger partial charge is 0.356 e. The second kappa shape index (κ2) is 17.1. The van der Waals surface area contributed by atoms with Crippen molar-refractivity contribution >= 4 is 23.3 Å². The highest BCUT2D eigenvalue weighted by Gasteiger charge is 2.15. The van der Waals surface area contributed by atoms with Crippen molar-refractivity contribution in [3.8, 4) is 0 Å². The monoisotopic (exact) mass is 381 g/mol. The second-order valence-corrected chi connectivity index (χ2v) is 7.19. The van der Waals surface area contributed by atoms with E-state index in [1.165, 1.54) is 5.54 Å². The van der Waals surface area contributed by atoms with Crippen LogP contribution in [0, 0.1) is 11.8 Å². The molecular weight excluding hydrogens is 346 g/mol. The number of carbonyl (C=O) groups excluding carboxylic acids is 2. The minimum absolute atomic E-state index is 0.0755. The molecule has 0 saturated heterocycles. The summed E-state index contributed by atoms with van der Waals surface area (Å²) >= 11 is 5.44. The molecule has 1 N–H and O–H groups in total. The van der Waals surface area contributed by atoms with Crippen molar-refractivity contribution in [2.75, 3.05) is 6.54 Å². The lowest BCUT2D eigenvalue weighted by Gasteiger charge is -2.14. The maximum atomic E-state index is 12.2. The van der Waals surface area contributed by atoms with Gasteiger partial charge in [-0.2, -0.15) is 0 Å². The van der Waals surface area contributed by atoms with Crippen LogP contribution in [0.3, 0.4) is 0 Å². The van der Waals surface area contributed by atoms with E-state index >= 15 is 0 Å². The summed E-state index contributed by atoms with van der Waals surface area (Å²) in [5.41, 5.74) is 1.47. The van der Waals surface area contributed by atoms with Crippen LogP contribution in [0.2, 0.25) is 0 Å². The quantitative estimate of drug-likeness (QED) is 0.281. The lowest BCUT2D eigenvalue weighted by molar-refractivity contribution is -0.123. The van der Waals surface area contributed by atoms with E-state index in [1.807, 2.05) is 19.1 Å². The smallest absolute Gasteiger partial charge is 0.220 e. The summed E-state index contributed by atoms with van der Waals surface area (Å²) in [5.74, 6) is 0.776. The maximum absolute atomic E-state index is 12.2. The second-order valence-electron chi connectivity index (χ2n) is 6.94. The molecule has 148 valence electrons. The van der Waals surface area contributed by atoms with E-state index in [4.69, 9.17) is 11.6 Å². The van der Waals surface area contributed by atoms with Crippen LogP contribution in [-0.2, 0) is 9.59 Å². The zero-order valence-electron chi connectivity index (χ0n) is 16.7. The number of rotatable bonds is 15. The Labute approximate surface area is 165 Å². The Morgan fingerprint density at radius 1 is 1.00 bits per heavy atom. The third kappa shape index (κ3) is 14.9. The normalized spacial score (nSPS) is 14.3. The predicted octanol–water partition coefficient (Wildman–Crippen LogP) is 5.95. The van der Waals surface area contributed by atoms with Gasteiger partial charge >= 0.3 is 0 Å². The molecule has 0 aliphatic rings. The summed E-state index contributed by atoms with van der Waals surface area (Å²) in [4.78, 5) is 24.0. The van der Waals surface area contributed by atoms with Gasteiger partial charge in [0.25, 0.3) is 0 Å². The number of halogens is 1. The molecule has 1 amide bonds. The van der Waals surface area contributed by atoms with Crippen molar-refractivity contribution in [1.82, 2.24) is 5.32 Å². The van der Waals surface area contributed by atoms with E-state index in [9.17, 15) is 9.59 Å². The average molecular weight is 382 g/mol. The summed E-state index contributed by atoms with van der Waals surface area (Å²) in [6.45, 7) is 6.86. The van der Waals surface area contributed by atoms with Crippen molar-refractivity contribution in [2.45, 2.75) is 72.1 Å². The van der Waals surface area contributed by atoms with Crippen LogP contribution in [0.4, 0.5) is 0 Å². The maximum Gasteiger partial charge on any atom is 0.220 e. The van der Waals surface area contributed by atoms with Crippen molar-refractivity contribution in [2.24, 2.45) is 11.8 Å². The minimum atomic E-state index is 0.0755. The van der Waals surface area contributed by atoms with E-state index in [0.29, 0.717) is 31.1 Å². The van der Waals surface area contributed by atoms with Crippen LogP contribution < -0.4 is 5.32 Å². The number of hydrogen-bond acceptors (Lipinski definition) is 2. The Morgan fingerprint density at radius 3 is 2.42 bits per heavy atom. The predicted molar refractivity (Wildman–Crippen MR) is 112 cm³/mol. The Hall–Kier alpha value is -1.35. The topological polar surface area (TPSA) is 46.2 Å². The first-order chi connectivity index (χ1) is 12.5. The molecular formula is C22H36ClNO2. The molecule has 26 heavy (non-hydrogen) atoms. The van der Waals surface area contributed by atoms with E-state index < -0.39 is 0 Å². The van der Waals surface area contributed by atoms with E-state index in [1.54, 1.807) is 6.08 Å². The Bertz CT molecular complexity index is 469. The van der Waals surface area contributed by atoms with E-state index in [0.717, 1.165) is 38.5 Å². The molecule has 0 radical (unpaired) electrons. The molecule has 0 bridgehead atoms. The first-order valence-electron chi connectivity index (χ1n) is 9.87. The van der Waals surface area contributed by atoms with E-state index in [-0.39, 0.29) is 11.8 Å². The molecule has 0 aliphatic carbocycles. The number of nitrogens with one attached hydrogen (secondary N) is 1. The molecule has 0 aliphatic heterocycles. The van der Waals surface area contributed by atoms with Gasteiger partial charge in [-0.15, -0.1) is 0 Å². The van der Waals surface area contributed by atoms with Gasteiger partial charge in [0.15, 0.2) is 0 Å². The molecule has 0 aromatic carbocycles. The highest BCUT2D eigenvalue weighted by Crippen LogP contribution is 2.15. The molecule has 0 heterocycles. The number of ketones is 1. The molecule has 0 spiro atoms. The summed E-state index contributed by atoms with van der Waals surface area (Å²) in [6, 6.07) is 0. The Morgan fingerprint density at radius 2 is 1.73 bits per heavy atom. The summed E-state index contributed by atoms with van der Waals surface area (Å²) in [7, 11) is 0. The molecule has 0 aromatic heterocycles. The zero-order valence-corrected chi connectivity index (χ0v) is 17.4. The van der Waals surface area contributed by atoms with Gasteiger partial charge in [-0.3, -0.25) is 9.59 Å². The lowest BCUT2D eigenvalue weighted by Crippen LogP contribution is -2.26. The fourth-order valence-electron chi connectivity index (χ4n) is 2.53. The van der Waals surface area contributed by atoms with Gasteiger partial charge in [-0.05, 0) is 38.0 Å². The molecule has 3 nitrogen and oxygen atoms in total. The van der Waals surface area contributed by atoms with Gasteiger partial charge in [0, 0.05) is 30.8 Å². The Balaban J connectivity index is 3.84. The number of unbranched alkanes of at least 4 members (excludes halogenated alkanes) is 1. The number of hydrogen-bond donors (Lipinski definition) is 1. The van der Waals surface area contributed by atoms with Crippen LogP contribution in [0.5, 0.6) is 0 Å². The van der Waals surface area contributed by atoms with Gasteiger partial charge in [-0.1, -0.05) is 69.2 Å². The molecule has 0 rings (SSSR count). The third-order valence-electron chi connectivity index (χ3n) is 4.30. The van der Waals surface area contributed by atoms with Crippen molar-refractivity contribution in [3.05, 3.63) is 35.9 Å². The zero-order chi connectivity index (χ0) is 19.6. The molecule has 0 fully saturated rings. The standard InChI is InChI=1S/C22H36ClNO2/c1-4-5-6-7-11-14-22(26)24-17-15-19(2)18-21(25)20(3)13-10-8-9-12-16-23/h6-9,12,16,19-20H,4-5,10-11,13-15,17-18H2,1-3H3,(H,24,26)/b7-6+,9-8+,16-12+. The summed E-state index contributed by atoms with van der Waals surface area (Å²) in [5, 5.41) is 2.95. The molecule has 2 atom stereocenters. The highest BCUT2D eigenvalue weighted by atomic mass is 35.5. The number of allylic oxidation sites excluding steroid dienone is 5. The number of amides is 1. The first kappa shape index (κ1) is 24.7. The van der Waals surface area contributed by atoms with Gasteiger partial charge < -0.3 is 5.32 Å². The fourth-order valence-corrected chi connectivity index (χ4v) is 2.62. The third-order valence-corrected chi connectivity index (χ3v) is 4.45. The van der Waals surface area contributed by atoms with Crippen molar-refractivity contribution < 1.29 is 9.59 Å². The number of Topliss-reactive ketones (excluding diaryl/α,β-unsaturated/α-hetero) is 1. The SMILES string of the molecule is CCC/C=C/CCC(=O)NCCC(C)CC(=O)C(C)CC/C=C/C=C/Cl. The lowest BCUT2D eigenvalue weighted by atomic mass is 9.92. The van der Waals surface area contributed by atoms with Crippen LogP contribution in [0.15, 0.2) is 35.9 Å². The highest BCUT2D eigenvalue weighted by molar-refractivity contribution is 6.25. The Kier molecular flexibility index (Phi) is 16.2. The number of carbonyl (C=O) groups is 2. The average Bonchev–Trinajstić information content (AvgIpc) is 2.61. The van der Waals surface area contributed by atoms with E-state index in [2.05, 4.69) is 31.3 Å². The fraction of sp³-hybridized carbons (Fsp3) is 0.636. The van der Waals surface area contributed by atoms with Gasteiger partial charge in [0.2, 0.25) is 5.91 Å².